The first-order valence-electron chi connectivity index (χ1n) is 9.63. The van der Waals surface area contributed by atoms with Crippen LogP contribution in [0.4, 0.5) is 0 Å². The third kappa shape index (κ3) is 4.11. The number of carbonyl (C=O) groups is 3. The van der Waals surface area contributed by atoms with Crippen molar-refractivity contribution in [1.82, 2.24) is 4.90 Å². The fourth-order valence-electron chi connectivity index (χ4n) is 4.14. The molecule has 3 rings (SSSR count). The minimum Gasteiger partial charge on any atom is -0.493 e. The maximum absolute atomic E-state index is 12.8. The Labute approximate surface area is 164 Å². The lowest BCUT2D eigenvalue weighted by molar-refractivity contribution is -0.920. The molecule has 2 fully saturated rings. The van der Waals surface area contributed by atoms with Gasteiger partial charge < -0.3 is 20.1 Å². The highest BCUT2D eigenvalue weighted by atomic mass is 16.5. The van der Waals surface area contributed by atoms with Crippen LogP contribution >= 0.6 is 0 Å². The average molecular weight is 390 g/mol. The second-order valence-electron chi connectivity index (χ2n) is 7.41. The van der Waals surface area contributed by atoms with Gasteiger partial charge in [0.2, 0.25) is 11.8 Å². The van der Waals surface area contributed by atoms with E-state index in [-0.39, 0.29) is 36.1 Å². The summed E-state index contributed by atoms with van der Waals surface area (Å²) in [5.74, 6) is 0.640. The highest BCUT2D eigenvalue weighted by Crippen LogP contribution is 2.28. The lowest BCUT2D eigenvalue weighted by atomic mass is 9.95. The van der Waals surface area contributed by atoms with E-state index in [1.54, 1.807) is 14.2 Å². The van der Waals surface area contributed by atoms with Crippen molar-refractivity contribution in [2.45, 2.75) is 31.7 Å². The van der Waals surface area contributed by atoms with Gasteiger partial charge in [-0.3, -0.25) is 19.3 Å². The minimum absolute atomic E-state index is 0.113. The summed E-state index contributed by atoms with van der Waals surface area (Å²) in [6.45, 7) is 1.74. The lowest BCUT2D eigenvalue weighted by Crippen LogP contribution is -3.17. The van der Waals surface area contributed by atoms with Gasteiger partial charge in [-0.05, 0) is 24.1 Å². The zero-order valence-electron chi connectivity index (χ0n) is 16.4. The number of amides is 3. The van der Waals surface area contributed by atoms with Gasteiger partial charge in [-0.25, -0.2) is 0 Å². The Morgan fingerprint density at radius 1 is 1.18 bits per heavy atom. The fraction of sp³-hybridized carbons (Fsp3) is 0.550. The molecule has 8 heteroatoms. The van der Waals surface area contributed by atoms with E-state index in [0.717, 1.165) is 10.5 Å². The van der Waals surface area contributed by atoms with Crippen LogP contribution in [0.3, 0.4) is 0 Å². The topological polar surface area (TPSA) is 103 Å². The quantitative estimate of drug-likeness (QED) is 0.591. The molecule has 2 saturated heterocycles. The molecule has 152 valence electrons. The Bertz CT molecular complexity index is 758. The lowest BCUT2D eigenvalue weighted by Gasteiger charge is -2.30. The Kier molecular flexibility index (Phi) is 6.18. The van der Waals surface area contributed by atoms with Gasteiger partial charge in [0, 0.05) is 25.3 Å². The first-order valence-corrected chi connectivity index (χ1v) is 9.63. The Balaban J connectivity index is 1.59. The predicted molar refractivity (Wildman–Crippen MR) is 101 cm³/mol. The Morgan fingerprint density at radius 2 is 1.86 bits per heavy atom. The number of carbonyl (C=O) groups excluding carboxylic acids is 3. The van der Waals surface area contributed by atoms with Crippen molar-refractivity contribution in [1.29, 1.82) is 0 Å². The number of piperidine rings is 1. The molecule has 28 heavy (non-hydrogen) atoms. The van der Waals surface area contributed by atoms with E-state index in [4.69, 9.17) is 15.2 Å². The molecule has 3 amide bonds. The highest BCUT2D eigenvalue weighted by molar-refractivity contribution is 6.04. The summed E-state index contributed by atoms with van der Waals surface area (Å²) in [4.78, 5) is 39.0. The SMILES string of the molecule is COc1ccc(CCN2C(=O)C[C@H]([NH+]3CCC(C(N)=O)CC3)C2=O)cc1OC. The van der Waals surface area contributed by atoms with Gasteiger partial charge in [0.15, 0.2) is 17.5 Å². The molecule has 0 saturated carbocycles. The van der Waals surface area contributed by atoms with E-state index >= 15 is 0 Å². The largest absolute Gasteiger partial charge is 0.493 e. The minimum atomic E-state index is -0.341. The number of quaternary nitrogens is 1. The summed E-state index contributed by atoms with van der Waals surface area (Å²) in [6.07, 6.45) is 2.15. The predicted octanol–water partition coefficient (Wildman–Crippen LogP) is -0.846. The number of nitrogens with zero attached hydrogens (tertiary/aromatic N) is 1. The van der Waals surface area contributed by atoms with Crippen molar-refractivity contribution < 1.29 is 28.8 Å². The van der Waals surface area contributed by atoms with Crippen LogP contribution in [0.15, 0.2) is 18.2 Å². The van der Waals surface area contributed by atoms with Gasteiger partial charge in [-0.2, -0.15) is 0 Å². The number of imide groups is 1. The number of hydrogen-bond acceptors (Lipinski definition) is 5. The molecule has 1 atom stereocenters. The summed E-state index contributed by atoms with van der Waals surface area (Å²) in [5, 5.41) is 0. The standard InChI is InChI=1S/C20H27N3O5/c1-27-16-4-3-13(11-17(16)28-2)5-10-23-18(24)12-15(20(23)26)22-8-6-14(7-9-22)19(21)25/h3-4,11,14-15H,5-10,12H2,1-2H3,(H2,21,25)/p+1/t15-/m0/s1. The van der Waals surface area contributed by atoms with Crippen molar-refractivity contribution in [3.8, 4) is 11.5 Å². The monoisotopic (exact) mass is 390 g/mol. The van der Waals surface area contributed by atoms with Crippen LogP contribution in [0.5, 0.6) is 11.5 Å². The van der Waals surface area contributed by atoms with E-state index in [1.165, 1.54) is 4.90 Å². The third-order valence-corrected chi connectivity index (χ3v) is 5.84. The van der Waals surface area contributed by atoms with Gasteiger partial charge in [-0.15, -0.1) is 0 Å². The molecule has 0 radical (unpaired) electrons. The number of rotatable bonds is 7. The van der Waals surface area contributed by atoms with E-state index in [9.17, 15) is 14.4 Å². The molecule has 8 nitrogen and oxygen atoms in total. The zero-order valence-corrected chi connectivity index (χ0v) is 16.4. The molecule has 3 N–H and O–H groups in total. The maximum atomic E-state index is 12.8. The number of hydrogen-bond donors (Lipinski definition) is 2. The van der Waals surface area contributed by atoms with Crippen molar-refractivity contribution in [2.24, 2.45) is 11.7 Å². The van der Waals surface area contributed by atoms with Crippen LogP contribution in [0.2, 0.25) is 0 Å². The number of nitrogens with one attached hydrogen (secondary N) is 1. The molecule has 0 bridgehead atoms. The second kappa shape index (κ2) is 8.60. The average Bonchev–Trinajstić information content (AvgIpc) is 2.99. The molecule has 0 spiro atoms. The summed E-state index contributed by atoms with van der Waals surface area (Å²) in [5.41, 5.74) is 6.35. The molecular formula is C20H28N3O5+. The molecule has 0 unspecified atom stereocenters. The van der Waals surface area contributed by atoms with E-state index in [0.29, 0.717) is 50.4 Å². The number of nitrogens with two attached hydrogens (primary N) is 1. The van der Waals surface area contributed by atoms with Crippen LogP contribution < -0.4 is 20.1 Å². The van der Waals surface area contributed by atoms with Gasteiger partial charge >= 0.3 is 0 Å². The first kappa shape index (κ1) is 20.1. The fourth-order valence-corrected chi connectivity index (χ4v) is 4.14. The van der Waals surface area contributed by atoms with Gasteiger partial charge in [0.1, 0.15) is 0 Å². The summed E-state index contributed by atoms with van der Waals surface area (Å²) >= 11 is 0. The van der Waals surface area contributed by atoms with Gasteiger partial charge in [0.25, 0.3) is 5.91 Å². The van der Waals surface area contributed by atoms with Crippen molar-refractivity contribution in [3.05, 3.63) is 23.8 Å². The number of likely N-dealkylation sites (tertiary alicyclic amines) is 2. The van der Waals surface area contributed by atoms with Gasteiger partial charge in [0.05, 0.1) is 33.7 Å². The number of ether oxygens (including phenoxy) is 2. The normalized spacial score (nSPS) is 25.1. The molecule has 2 aliphatic heterocycles. The van der Waals surface area contributed by atoms with Gasteiger partial charge in [-0.1, -0.05) is 6.07 Å². The van der Waals surface area contributed by atoms with Crippen molar-refractivity contribution >= 4 is 17.7 Å². The van der Waals surface area contributed by atoms with Crippen LogP contribution in [0, 0.1) is 5.92 Å². The molecule has 2 heterocycles. The number of primary amides is 1. The third-order valence-electron chi connectivity index (χ3n) is 5.84. The van der Waals surface area contributed by atoms with Crippen LogP contribution in [-0.2, 0) is 20.8 Å². The summed E-state index contributed by atoms with van der Waals surface area (Å²) in [6, 6.07) is 5.24. The summed E-state index contributed by atoms with van der Waals surface area (Å²) in [7, 11) is 3.15. The molecule has 0 aliphatic carbocycles. The molecule has 0 aromatic heterocycles. The highest BCUT2D eigenvalue weighted by Gasteiger charge is 2.45. The Morgan fingerprint density at radius 3 is 2.46 bits per heavy atom. The molecule has 2 aliphatic rings. The van der Waals surface area contributed by atoms with Crippen LogP contribution in [0.1, 0.15) is 24.8 Å². The molecular weight excluding hydrogens is 362 g/mol. The smallest absolute Gasteiger partial charge is 0.288 e. The van der Waals surface area contributed by atoms with Crippen LogP contribution in [0.25, 0.3) is 0 Å². The van der Waals surface area contributed by atoms with Crippen molar-refractivity contribution in [2.75, 3.05) is 33.9 Å². The van der Waals surface area contributed by atoms with E-state index in [1.807, 2.05) is 18.2 Å². The van der Waals surface area contributed by atoms with E-state index in [2.05, 4.69) is 0 Å². The summed E-state index contributed by atoms with van der Waals surface area (Å²) < 4.78 is 10.5. The first-order chi connectivity index (χ1) is 13.4. The number of methoxy groups -OCH3 is 2. The van der Waals surface area contributed by atoms with Crippen molar-refractivity contribution in [3.63, 3.8) is 0 Å². The van der Waals surface area contributed by atoms with Crippen LogP contribution in [-0.4, -0.2) is 62.5 Å². The second-order valence-corrected chi connectivity index (χ2v) is 7.41. The van der Waals surface area contributed by atoms with E-state index < -0.39 is 0 Å². The molecule has 1 aromatic rings. The zero-order chi connectivity index (χ0) is 20.3. The maximum Gasteiger partial charge on any atom is 0.288 e. The molecule has 1 aromatic carbocycles. The Hall–Kier alpha value is -2.61. The number of benzene rings is 1.